The molecule has 0 saturated carbocycles. The minimum absolute atomic E-state index is 0.330. The fraction of sp³-hybridized carbons (Fsp3) is 0.182. The molecule has 0 aliphatic rings. The van der Waals surface area contributed by atoms with Gasteiger partial charge in [-0.25, -0.2) is 9.59 Å². The zero-order chi connectivity index (χ0) is 20.1. The van der Waals surface area contributed by atoms with Crippen molar-refractivity contribution in [1.29, 1.82) is 0 Å². The van der Waals surface area contributed by atoms with Gasteiger partial charge in [0.2, 0.25) is 0 Å². The summed E-state index contributed by atoms with van der Waals surface area (Å²) in [7, 11) is 0. The maximum absolute atomic E-state index is 11.6. The molecule has 140 valence electrons. The molecule has 0 fully saturated rings. The summed E-state index contributed by atoms with van der Waals surface area (Å²) in [6, 6.07) is 10.2. The van der Waals surface area contributed by atoms with E-state index in [1.807, 2.05) is 13.8 Å². The van der Waals surface area contributed by atoms with Crippen molar-refractivity contribution in [2.45, 2.75) is 27.7 Å². The van der Waals surface area contributed by atoms with Crippen LogP contribution in [0.25, 0.3) is 0 Å². The van der Waals surface area contributed by atoms with Crippen LogP contribution >= 0.6 is 0 Å². The van der Waals surface area contributed by atoms with Crippen molar-refractivity contribution < 1.29 is 23.8 Å². The number of aryl methyl sites for hydroxylation is 2. The first-order valence-corrected chi connectivity index (χ1v) is 8.32. The second kappa shape index (κ2) is 8.36. The molecule has 0 atom stereocenters. The molecule has 0 aliphatic carbocycles. The molecule has 0 heterocycles. The van der Waals surface area contributed by atoms with Gasteiger partial charge in [0, 0.05) is 11.1 Å². The Kier molecular flexibility index (Phi) is 6.19. The molecular weight excluding hydrogens is 344 g/mol. The fourth-order valence-electron chi connectivity index (χ4n) is 2.11. The van der Waals surface area contributed by atoms with E-state index in [1.54, 1.807) is 50.2 Å². The molecule has 5 nitrogen and oxygen atoms in total. The van der Waals surface area contributed by atoms with Crippen LogP contribution in [0.3, 0.4) is 0 Å². The summed E-state index contributed by atoms with van der Waals surface area (Å²) in [5.74, 6) is 1.15. The van der Waals surface area contributed by atoms with Gasteiger partial charge >= 0.3 is 11.9 Å². The van der Waals surface area contributed by atoms with E-state index in [9.17, 15) is 9.59 Å². The molecule has 0 unspecified atom stereocenters. The topological polar surface area (TPSA) is 61.8 Å². The maximum Gasteiger partial charge on any atom is 0.338 e. The average molecular weight is 366 g/mol. The van der Waals surface area contributed by atoms with Gasteiger partial charge in [-0.15, -0.1) is 0 Å². The van der Waals surface area contributed by atoms with Crippen molar-refractivity contribution in [2.75, 3.05) is 0 Å². The van der Waals surface area contributed by atoms with Crippen LogP contribution in [-0.2, 0) is 9.59 Å². The fourth-order valence-corrected chi connectivity index (χ4v) is 2.11. The molecule has 0 aromatic heterocycles. The molecule has 2 rings (SSSR count). The Morgan fingerprint density at radius 1 is 0.741 bits per heavy atom. The van der Waals surface area contributed by atoms with Crippen LogP contribution in [0.4, 0.5) is 0 Å². The monoisotopic (exact) mass is 366 g/mol. The van der Waals surface area contributed by atoms with Crippen LogP contribution in [0.1, 0.15) is 25.0 Å². The van der Waals surface area contributed by atoms with Gasteiger partial charge in [0.05, 0.1) is 0 Å². The lowest BCUT2D eigenvalue weighted by molar-refractivity contribution is -0.131. The number of hydrogen-bond donors (Lipinski definition) is 0. The Morgan fingerprint density at radius 3 is 1.78 bits per heavy atom. The number of carbonyl (C=O) groups is 2. The van der Waals surface area contributed by atoms with Gasteiger partial charge in [0.15, 0.2) is 0 Å². The predicted octanol–water partition coefficient (Wildman–Crippen LogP) is 5.06. The van der Waals surface area contributed by atoms with Crippen LogP contribution in [0.15, 0.2) is 60.7 Å². The Labute approximate surface area is 158 Å². The second-order valence-electron chi connectivity index (χ2n) is 6.30. The highest BCUT2D eigenvalue weighted by Crippen LogP contribution is 2.31. The van der Waals surface area contributed by atoms with E-state index >= 15 is 0 Å². The molecular formula is C22H22O5. The van der Waals surface area contributed by atoms with Crippen LogP contribution in [-0.4, -0.2) is 11.9 Å². The summed E-state index contributed by atoms with van der Waals surface area (Å²) in [4.78, 5) is 23.2. The minimum Gasteiger partial charge on any atom is -0.457 e. The molecule has 0 bridgehead atoms. The molecule has 27 heavy (non-hydrogen) atoms. The van der Waals surface area contributed by atoms with Crippen LogP contribution in [0, 0.1) is 13.8 Å². The first kappa shape index (κ1) is 20.0. The SMILES string of the molecule is C=C(C)C(=O)Oc1ccc(Oc2ccc(OC(=O)C(=C)C)c(C)c2)c(C)c1. The summed E-state index contributed by atoms with van der Waals surface area (Å²) >= 11 is 0. The Hall–Kier alpha value is -3.34. The summed E-state index contributed by atoms with van der Waals surface area (Å²) in [6.07, 6.45) is 0. The lowest BCUT2D eigenvalue weighted by atomic mass is 10.2. The third kappa shape index (κ3) is 5.31. The van der Waals surface area contributed by atoms with E-state index < -0.39 is 11.9 Å². The molecule has 2 aromatic rings. The number of benzene rings is 2. The predicted molar refractivity (Wildman–Crippen MR) is 103 cm³/mol. The van der Waals surface area contributed by atoms with Gasteiger partial charge in [0.1, 0.15) is 23.0 Å². The molecule has 5 heteroatoms. The largest absolute Gasteiger partial charge is 0.457 e. The normalized spacial score (nSPS) is 10.1. The standard InChI is InChI=1S/C22H22O5/c1-13(2)21(23)26-18-8-9-19(15(5)12-18)25-17-7-10-20(16(6)11-17)27-22(24)14(3)4/h7-12H,1,3H2,2,4-6H3. The number of hydrogen-bond acceptors (Lipinski definition) is 5. The van der Waals surface area contributed by atoms with Gasteiger partial charge in [-0.05, 0) is 75.2 Å². The molecule has 0 N–H and O–H groups in total. The minimum atomic E-state index is -0.474. The molecule has 0 spiro atoms. The smallest absolute Gasteiger partial charge is 0.338 e. The van der Waals surface area contributed by atoms with Gasteiger partial charge < -0.3 is 14.2 Å². The van der Waals surface area contributed by atoms with Crippen molar-refractivity contribution in [3.63, 3.8) is 0 Å². The van der Waals surface area contributed by atoms with Crippen molar-refractivity contribution >= 4 is 11.9 Å². The number of esters is 2. The quantitative estimate of drug-likeness (QED) is 0.406. The average Bonchev–Trinajstić information content (AvgIpc) is 2.59. The van der Waals surface area contributed by atoms with Gasteiger partial charge in [-0.1, -0.05) is 13.2 Å². The van der Waals surface area contributed by atoms with Crippen molar-refractivity contribution in [3.8, 4) is 23.0 Å². The highest BCUT2D eigenvalue weighted by atomic mass is 16.5. The van der Waals surface area contributed by atoms with Crippen LogP contribution < -0.4 is 14.2 Å². The Balaban J connectivity index is 2.14. The Morgan fingerprint density at radius 2 is 1.22 bits per heavy atom. The van der Waals surface area contributed by atoms with Crippen molar-refractivity contribution in [3.05, 3.63) is 71.8 Å². The first-order chi connectivity index (χ1) is 12.7. The lowest BCUT2D eigenvalue weighted by Crippen LogP contribution is -2.09. The maximum atomic E-state index is 11.6. The van der Waals surface area contributed by atoms with E-state index in [-0.39, 0.29) is 0 Å². The van der Waals surface area contributed by atoms with E-state index in [2.05, 4.69) is 13.2 Å². The molecule has 2 aromatic carbocycles. The zero-order valence-electron chi connectivity index (χ0n) is 15.9. The Bertz CT molecular complexity index is 924. The highest BCUT2D eigenvalue weighted by molar-refractivity contribution is 5.89. The summed E-state index contributed by atoms with van der Waals surface area (Å²) in [5, 5.41) is 0. The second-order valence-corrected chi connectivity index (χ2v) is 6.30. The van der Waals surface area contributed by atoms with Crippen LogP contribution in [0.2, 0.25) is 0 Å². The summed E-state index contributed by atoms with van der Waals surface area (Å²) in [6.45, 7) is 14.0. The molecule has 0 radical (unpaired) electrons. The molecule has 0 saturated heterocycles. The molecule has 0 aliphatic heterocycles. The third-order valence-corrected chi connectivity index (χ3v) is 3.63. The summed E-state index contributed by atoms with van der Waals surface area (Å²) < 4.78 is 16.3. The zero-order valence-corrected chi connectivity index (χ0v) is 15.9. The third-order valence-electron chi connectivity index (χ3n) is 3.63. The van der Waals surface area contributed by atoms with E-state index in [4.69, 9.17) is 14.2 Å². The number of carbonyl (C=O) groups excluding carboxylic acids is 2. The first-order valence-electron chi connectivity index (χ1n) is 8.32. The van der Waals surface area contributed by atoms with Crippen LogP contribution in [0.5, 0.6) is 23.0 Å². The van der Waals surface area contributed by atoms with Gasteiger partial charge in [0.25, 0.3) is 0 Å². The van der Waals surface area contributed by atoms with Crippen molar-refractivity contribution in [1.82, 2.24) is 0 Å². The van der Waals surface area contributed by atoms with Gasteiger partial charge in [-0.2, -0.15) is 0 Å². The lowest BCUT2D eigenvalue weighted by Gasteiger charge is -2.13. The van der Waals surface area contributed by atoms with E-state index in [0.29, 0.717) is 34.1 Å². The summed E-state index contributed by atoms with van der Waals surface area (Å²) in [5.41, 5.74) is 2.22. The molecule has 0 amide bonds. The number of rotatable bonds is 6. The van der Waals surface area contributed by atoms with Crippen molar-refractivity contribution in [2.24, 2.45) is 0 Å². The van der Waals surface area contributed by atoms with E-state index in [1.165, 1.54) is 0 Å². The highest BCUT2D eigenvalue weighted by Gasteiger charge is 2.11. The number of ether oxygens (including phenoxy) is 3. The van der Waals surface area contributed by atoms with E-state index in [0.717, 1.165) is 11.1 Å². The van der Waals surface area contributed by atoms with Gasteiger partial charge in [-0.3, -0.25) is 0 Å².